The predicted molar refractivity (Wildman–Crippen MR) is 72.6 cm³/mol. The van der Waals surface area contributed by atoms with Crippen LogP contribution in [-0.4, -0.2) is 29.0 Å². The van der Waals surface area contributed by atoms with E-state index in [1.807, 2.05) is 6.26 Å². The summed E-state index contributed by atoms with van der Waals surface area (Å²) in [5.41, 5.74) is -0.813. The van der Waals surface area contributed by atoms with Gasteiger partial charge in [-0.05, 0) is 18.7 Å². The first kappa shape index (κ1) is 14.6. The molecule has 0 aliphatic rings. The molecule has 0 bridgehead atoms. The van der Waals surface area contributed by atoms with E-state index in [4.69, 9.17) is 0 Å². The summed E-state index contributed by atoms with van der Waals surface area (Å²) in [6.07, 6.45) is 2.22. The van der Waals surface area contributed by atoms with Crippen LogP contribution in [0.2, 0.25) is 0 Å². The van der Waals surface area contributed by atoms with E-state index in [-0.39, 0.29) is 5.91 Å². The summed E-state index contributed by atoms with van der Waals surface area (Å²) in [4.78, 5) is 23.1. The van der Waals surface area contributed by atoms with Gasteiger partial charge in [-0.3, -0.25) is 4.79 Å². The number of carbonyl (C=O) groups excluding carboxylic acids is 1. The lowest BCUT2D eigenvalue weighted by Crippen LogP contribution is -2.49. The van der Waals surface area contributed by atoms with E-state index in [1.165, 1.54) is 6.92 Å². The minimum absolute atomic E-state index is 0.252. The number of thioether (sulfide) groups is 1. The Kier molecular flexibility index (Phi) is 5.22. The van der Waals surface area contributed by atoms with E-state index < -0.39 is 11.5 Å². The van der Waals surface area contributed by atoms with Crippen LogP contribution >= 0.6 is 11.8 Å². The first-order valence-electron chi connectivity index (χ1n) is 5.59. The Labute approximate surface area is 111 Å². The number of hydrogen-bond acceptors (Lipinski definition) is 3. The van der Waals surface area contributed by atoms with Crippen LogP contribution in [0.5, 0.6) is 0 Å². The SMILES string of the molecule is CSCCC(=O)NC(C)(C(=O)O)c1ccccc1. The summed E-state index contributed by atoms with van der Waals surface area (Å²) in [7, 11) is 0. The number of carboxylic acids is 1. The number of benzene rings is 1. The Bertz CT molecular complexity index is 422. The van der Waals surface area contributed by atoms with Crippen LogP contribution in [0.25, 0.3) is 0 Å². The summed E-state index contributed by atoms with van der Waals surface area (Å²) >= 11 is 1.55. The average molecular weight is 267 g/mol. The molecule has 0 spiro atoms. The van der Waals surface area contributed by atoms with Crippen LogP contribution in [0.3, 0.4) is 0 Å². The lowest BCUT2D eigenvalue weighted by Gasteiger charge is -2.26. The lowest BCUT2D eigenvalue weighted by atomic mass is 9.92. The van der Waals surface area contributed by atoms with Gasteiger partial charge in [-0.2, -0.15) is 11.8 Å². The quantitative estimate of drug-likeness (QED) is 0.825. The number of amides is 1. The average Bonchev–Trinajstić information content (AvgIpc) is 2.37. The maximum absolute atomic E-state index is 11.7. The molecular formula is C13H17NO3S. The van der Waals surface area contributed by atoms with Crippen LogP contribution in [0.4, 0.5) is 0 Å². The summed E-state index contributed by atoms with van der Waals surface area (Å²) in [6, 6.07) is 8.71. The van der Waals surface area contributed by atoms with Gasteiger partial charge in [-0.1, -0.05) is 30.3 Å². The Morgan fingerprint density at radius 2 is 1.94 bits per heavy atom. The standard InChI is InChI=1S/C13H17NO3S/c1-13(12(16)17,10-6-4-3-5-7-10)14-11(15)8-9-18-2/h3-7H,8-9H2,1-2H3,(H,14,15)(H,16,17). The van der Waals surface area contributed by atoms with Gasteiger partial charge in [0.2, 0.25) is 5.91 Å². The maximum atomic E-state index is 11.7. The van der Waals surface area contributed by atoms with Gasteiger partial charge < -0.3 is 10.4 Å². The fraction of sp³-hybridized carbons (Fsp3) is 0.385. The zero-order chi connectivity index (χ0) is 13.6. The molecule has 4 nitrogen and oxygen atoms in total. The van der Waals surface area contributed by atoms with Gasteiger partial charge in [0.1, 0.15) is 0 Å². The van der Waals surface area contributed by atoms with Crippen molar-refractivity contribution in [1.29, 1.82) is 0 Å². The van der Waals surface area contributed by atoms with E-state index in [1.54, 1.807) is 42.1 Å². The van der Waals surface area contributed by atoms with Crippen molar-refractivity contribution < 1.29 is 14.7 Å². The summed E-state index contributed by atoms with van der Waals surface area (Å²) in [6.45, 7) is 1.50. The van der Waals surface area contributed by atoms with Crippen LogP contribution in [-0.2, 0) is 15.1 Å². The fourth-order valence-electron chi connectivity index (χ4n) is 1.56. The molecule has 0 radical (unpaired) electrons. The predicted octanol–water partition coefficient (Wildman–Crippen LogP) is 1.86. The van der Waals surface area contributed by atoms with Crippen molar-refractivity contribution in [2.45, 2.75) is 18.9 Å². The molecule has 0 saturated carbocycles. The molecule has 98 valence electrons. The highest BCUT2D eigenvalue weighted by Gasteiger charge is 2.36. The first-order chi connectivity index (χ1) is 8.50. The monoisotopic (exact) mass is 267 g/mol. The Hall–Kier alpha value is -1.49. The van der Waals surface area contributed by atoms with Crippen LogP contribution < -0.4 is 5.32 Å². The highest BCUT2D eigenvalue weighted by Crippen LogP contribution is 2.21. The highest BCUT2D eigenvalue weighted by molar-refractivity contribution is 7.98. The van der Waals surface area contributed by atoms with E-state index >= 15 is 0 Å². The largest absolute Gasteiger partial charge is 0.479 e. The van der Waals surface area contributed by atoms with E-state index in [0.717, 1.165) is 0 Å². The molecule has 1 aromatic carbocycles. The number of aliphatic carboxylic acids is 1. The summed E-state index contributed by atoms with van der Waals surface area (Å²) < 4.78 is 0. The number of carbonyl (C=O) groups is 2. The molecule has 0 saturated heterocycles. The molecule has 18 heavy (non-hydrogen) atoms. The second kappa shape index (κ2) is 6.44. The van der Waals surface area contributed by atoms with Crippen LogP contribution in [0.15, 0.2) is 30.3 Å². The normalized spacial score (nSPS) is 13.7. The van der Waals surface area contributed by atoms with Crippen molar-refractivity contribution in [3.8, 4) is 0 Å². The molecule has 0 heterocycles. The Balaban J connectivity index is 2.89. The minimum atomic E-state index is -1.38. The van der Waals surface area contributed by atoms with Gasteiger partial charge in [-0.15, -0.1) is 0 Å². The molecule has 0 aliphatic heterocycles. The third-order valence-corrected chi connectivity index (χ3v) is 3.31. The topological polar surface area (TPSA) is 66.4 Å². The second-order valence-electron chi connectivity index (χ2n) is 4.09. The molecule has 1 unspecified atom stereocenters. The molecule has 1 rings (SSSR count). The van der Waals surface area contributed by atoms with Crippen molar-refractivity contribution in [2.24, 2.45) is 0 Å². The Morgan fingerprint density at radius 3 is 2.44 bits per heavy atom. The number of nitrogens with one attached hydrogen (secondary N) is 1. The molecule has 0 aliphatic carbocycles. The zero-order valence-corrected chi connectivity index (χ0v) is 11.3. The molecule has 1 amide bonds. The Morgan fingerprint density at radius 1 is 1.33 bits per heavy atom. The molecule has 2 N–H and O–H groups in total. The van der Waals surface area contributed by atoms with Crippen molar-refractivity contribution >= 4 is 23.6 Å². The summed E-state index contributed by atoms with van der Waals surface area (Å²) in [5.74, 6) is -0.639. The maximum Gasteiger partial charge on any atom is 0.333 e. The number of hydrogen-bond donors (Lipinski definition) is 2. The summed E-state index contributed by atoms with van der Waals surface area (Å²) in [5, 5.41) is 11.9. The van der Waals surface area contributed by atoms with Gasteiger partial charge in [-0.25, -0.2) is 4.79 Å². The van der Waals surface area contributed by atoms with E-state index in [2.05, 4.69) is 5.32 Å². The van der Waals surface area contributed by atoms with Crippen LogP contribution in [0, 0.1) is 0 Å². The first-order valence-corrected chi connectivity index (χ1v) is 6.99. The van der Waals surface area contributed by atoms with Gasteiger partial charge in [0, 0.05) is 12.2 Å². The van der Waals surface area contributed by atoms with Crippen molar-refractivity contribution in [3.63, 3.8) is 0 Å². The molecule has 0 aromatic heterocycles. The zero-order valence-electron chi connectivity index (χ0n) is 10.5. The molecule has 1 atom stereocenters. The smallest absolute Gasteiger partial charge is 0.333 e. The molecule has 5 heteroatoms. The van der Waals surface area contributed by atoms with Crippen LogP contribution in [0.1, 0.15) is 18.9 Å². The molecule has 1 aromatic rings. The van der Waals surface area contributed by atoms with E-state index in [0.29, 0.717) is 17.7 Å². The fourth-order valence-corrected chi connectivity index (χ4v) is 1.95. The van der Waals surface area contributed by atoms with Gasteiger partial charge in [0.15, 0.2) is 5.54 Å². The van der Waals surface area contributed by atoms with Crippen molar-refractivity contribution in [3.05, 3.63) is 35.9 Å². The van der Waals surface area contributed by atoms with Gasteiger partial charge in [0.25, 0.3) is 0 Å². The number of carboxylic acid groups (broad SMARTS) is 1. The minimum Gasteiger partial charge on any atom is -0.479 e. The van der Waals surface area contributed by atoms with E-state index in [9.17, 15) is 14.7 Å². The highest BCUT2D eigenvalue weighted by atomic mass is 32.2. The van der Waals surface area contributed by atoms with Gasteiger partial charge >= 0.3 is 5.97 Å². The lowest BCUT2D eigenvalue weighted by molar-refractivity contribution is -0.147. The van der Waals surface area contributed by atoms with Crippen molar-refractivity contribution in [2.75, 3.05) is 12.0 Å². The number of rotatable bonds is 6. The van der Waals surface area contributed by atoms with Gasteiger partial charge in [0.05, 0.1) is 0 Å². The van der Waals surface area contributed by atoms with Crippen molar-refractivity contribution in [1.82, 2.24) is 5.32 Å². The third kappa shape index (κ3) is 3.50. The molecular weight excluding hydrogens is 250 g/mol. The molecule has 0 fully saturated rings. The second-order valence-corrected chi connectivity index (χ2v) is 5.07. The third-order valence-electron chi connectivity index (χ3n) is 2.70.